The van der Waals surface area contributed by atoms with Crippen LogP contribution in [-0.2, 0) is 4.79 Å². The Morgan fingerprint density at radius 3 is 3.00 bits per heavy atom. The number of carbonyl (C=O) groups excluding carboxylic acids is 1. The predicted molar refractivity (Wildman–Crippen MR) is 75.8 cm³/mol. The Bertz CT molecular complexity index is 549. The van der Waals surface area contributed by atoms with Crippen molar-refractivity contribution in [3.8, 4) is 0 Å². The minimum atomic E-state index is -0.833. The van der Waals surface area contributed by atoms with Gasteiger partial charge in [0, 0.05) is 19.0 Å². The van der Waals surface area contributed by atoms with Crippen molar-refractivity contribution < 1.29 is 13.6 Å². The van der Waals surface area contributed by atoms with Crippen LogP contribution in [0.25, 0.3) is 0 Å². The second kappa shape index (κ2) is 5.72. The van der Waals surface area contributed by atoms with Gasteiger partial charge in [0.2, 0.25) is 5.91 Å². The van der Waals surface area contributed by atoms with E-state index in [0.29, 0.717) is 17.9 Å². The van der Waals surface area contributed by atoms with Gasteiger partial charge in [0.1, 0.15) is 0 Å². The Morgan fingerprint density at radius 1 is 1.43 bits per heavy atom. The number of halogens is 2. The van der Waals surface area contributed by atoms with E-state index in [0.717, 1.165) is 32.1 Å². The first-order valence-electron chi connectivity index (χ1n) is 7.49. The van der Waals surface area contributed by atoms with Gasteiger partial charge in [0.05, 0.1) is 0 Å². The molecule has 2 aliphatic rings. The fourth-order valence-corrected chi connectivity index (χ4v) is 3.34. The SMILES string of the molecule is CNC[C@@H]1CCN(C(=O)[C@@H]2C[C@H]2c2cccc(F)c2F)C1. The van der Waals surface area contributed by atoms with E-state index in [9.17, 15) is 13.6 Å². The van der Waals surface area contributed by atoms with E-state index in [4.69, 9.17) is 0 Å². The number of nitrogens with zero attached hydrogens (tertiary/aromatic N) is 1. The summed E-state index contributed by atoms with van der Waals surface area (Å²) in [5, 5.41) is 3.13. The van der Waals surface area contributed by atoms with Crippen LogP contribution in [0.1, 0.15) is 24.3 Å². The first kappa shape index (κ1) is 14.4. The van der Waals surface area contributed by atoms with E-state index in [1.54, 1.807) is 6.07 Å². The summed E-state index contributed by atoms with van der Waals surface area (Å²) >= 11 is 0. The highest BCUT2D eigenvalue weighted by Gasteiger charge is 2.48. The molecule has 1 saturated heterocycles. The van der Waals surface area contributed by atoms with Gasteiger partial charge in [-0.05, 0) is 49.9 Å². The molecule has 5 heteroatoms. The summed E-state index contributed by atoms with van der Waals surface area (Å²) in [5.74, 6) is -1.36. The quantitative estimate of drug-likeness (QED) is 0.922. The standard InChI is InChI=1S/C16H20F2N2O/c1-19-8-10-5-6-20(9-10)16(21)13-7-12(13)11-3-2-4-14(17)15(11)18/h2-4,10,12-13,19H,5-9H2,1H3/t10-,12-,13+/m0/s1. The monoisotopic (exact) mass is 294 g/mol. The normalized spacial score (nSPS) is 28.0. The summed E-state index contributed by atoms with van der Waals surface area (Å²) in [6, 6.07) is 4.21. The molecule has 0 aromatic heterocycles. The molecule has 3 atom stereocenters. The summed E-state index contributed by atoms with van der Waals surface area (Å²) < 4.78 is 27.0. The number of carbonyl (C=O) groups is 1. The van der Waals surface area contributed by atoms with Crippen LogP contribution in [0.3, 0.4) is 0 Å². The first-order chi connectivity index (χ1) is 10.1. The highest BCUT2D eigenvalue weighted by molar-refractivity contribution is 5.83. The molecule has 0 bridgehead atoms. The lowest BCUT2D eigenvalue weighted by Gasteiger charge is -2.16. The molecule has 3 rings (SSSR count). The van der Waals surface area contributed by atoms with Gasteiger partial charge in [-0.25, -0.2) is 8.78 Å². The van der Waals surface area contributed by atoms with Gasteiger partial charge in [0.25, 0.3) is 0 Å². The molecule has 1 aromatic rings. The zero-order chi connectivity index (χ0) is 15.0. The van der Waals surface area contributed by atoms with Crippen LogP contribution in [0.4, 0.5) is 8.78 Å². The Balaban J connectivity index is 1.63. The molecule has 1 aromatic carbocycles. The lowest BCUT2D eigenvalue weighted by atomic mass is 10.1. The molecule has 114 valence electrons. The molecule has 0 radical (unpaired) electrons. The van der Waals surface area contributed by atoms with E-state index >= 15 is 0 Å². The van der Waals surface area contributed by atoms with Crippen LogP contribution < -0.4 is 5.32 Å². The maximum absolute atomic E-state index is 13.8. The second-order valence-electron chi connectivity index (χ2n) is 6.09. The predicted octanol–water partition coefficient (Wildman–Crippen LogP) is 2.14. The molecule has 1 aliphatic heterocycles. The summed E-state index contributed by atoms with van der Waals surface area (Å²) in [6.45, 7) is 2.46. The van der Waals surface area contributed by atoms with Gasteiger partial charge in [-0.2, -0.15) is 0 Å². The van der Waals surface area contributed by atoms with Crippen LogP contribution in [0.15, 0.2) is 18.2 Å². The van der Waals surface area contributed by atoms with Gasteiger partial charge in [-0.1, -0.05) is 12.1 Å². The van der Waals surface area contributed by atoms with Crippen molar-refractivity contribution >= 4 is 5.91 Å². The number of hydrogen-bond donors (Lipinski definition) is 1. The Hall–Kier alpha value is -1.49. The second-order valence-corrected chi connectivity index (χ2v) is 6.09. The van der Waals surface area contributed by atoms with Crippen molar-refractivity contribution in [2.45, 2.75) is 18.8 Å². The molecular formula is C16H20F2N2O. The first-order valence-corrected chi connectivity index (χ1v) is 7.49. The van der Waals surface area contributed by atoms with Crippen LogP contribution in [-0.4, -0.2) is 37.5 Å². The van der Waals surface area contributed by atoms with Crippen LogP contribution >= 0.6 is 0 Å². The summed E-state index contributed by atoms with van der Waals surface area (Å²) in [7, 11) is 1.91. The number of likely N-dealkylation sites (tertiary alicyclic amines) is 1. The van der Waals surface area contributed by atoms with Crippen LogP contribution in [0.2, 0.25) is 0 Å². The molecule has 1 N–H and O–H groups in total. The minimum absolute atomic E-state index is 0.0993. The molecule has 1 amide bonds. The zero-order valence-electron chi connectivity index (χ0n) is 12.1. The van der Waals surface area contributed by atoms with Crippen molar-refractivity contribution in [1.29, 1.82) is 0 Å². The largest absolute Gasteiger partial charge is 0.342 e. The zero-order valence-corrected chi connectivity index (χ0v) is 12.1. The molecule has 3 nitrogen and oxygen atoms in total. The number of nitrogens with one attached hydrogen (secondary N) is 1. The van der Waals surface area contributed by atoms with Gasteiger partial charge < -0.3 is 10.2 Å². The fourth-order valence-electron chi connectivity index (χ4n) is 3.34. The van der Waals surface area contributed by atoms with Crippen molar-refractivity contribution in [3.05, 3.63) is 35.4 Å². The number of amides is 1. The molecule has 1 heterocycles. The van der Waals surface area contributed by atoms with Gasteiger partial charge in [-0.15, -0.1) is 0 Å². The number of benzene rings is 1. The third-order valence-electron chi connectivity index (χ3n) is 4.58. The molecule has 1 aliphatic carbocycles. The summed E-state index contributed by atoms with van der Waals surface area (Å²) in [5.41, 5.74) is 0.347. The highest BCUT2D eigenvalue weighted by atomic mass is 19.2. The molecule has 2 fully saturated rings. The lowest BCUT2D eigenvalue weighted by molar-refractivity contribution is -0.131. The number of rotatable bonds is 4. The van der Waals surface area contributed by atoms with Crippen LogP contribution in [0, 0.1) is 23.5 Å². The van der Waals surface area contributed by atoms with E-state index < -0.39 is 11.6 Å². The van der Waals surface area contributed by atoms with Crippen molar-refractivity contribution in [3.63, 3.8) is 0 Å². The van der Waals surface area contributed by atoms with E-state index in [1.165, 1.54) is 6.07 Å². The van der Waals surface area contributed by atoms with E-state index in [-0.39, 0.29) is 17.7 Å². The topological polar surface area (TPSA) is 32.3 Å². The fraction of sp³-hybridized carbons (Fsp3) is 0.562. The molecule has 21 heavy (non-hydrogen) atoms. The van der Waals surface area contributed by atoms with Gasteiger partial charge in [0.15, 0.2) is 11.6 Å². The molecule has 1 saturated carbocycles. The molecular weight excluding hydrogens is 274 g/mol. The molecule has 0 unspecified atom stereocenters. The average Bonchev–Trinajstić information content (AvgIpc) is 3.12. The third-order valence-corrected chi connectivity index (χ3v) is 4.58. The Kier molecular flexibility index (Phi) is 3.93. The smallest absolute Gasteiger partial charge is 0.226 e. The van der Waals surface area contributed by atoms with E-state index in [1.807, 2.05) is 11.9 Å². The van der Waals surface area contributed by atoms with E-state index in [2.05, 4.69) is 5.32 Å². The Morgan fingerprint density at radius 2 is 2.24 bits per heavy atom. The highest BCUT2D eigenvalue weighted by Crippen LogP contribution is 2.49. The molecule has 0 spiro atoms. The Labute approximate surface area is 123 Å². The maximum atomic E-state index is 13.8. The van der Waals surface area contributed by atoms with Crippen molar-refractivity contribution in [2.24, 2.45) is 11.8 Å². The van der Waals surface area contributed by atoms with Gasteiger partial charge in [-0.3, -0.25) is 4.79 Å². The van der Waals surface area contributed by atoms with Crippen LogP contribution in [0.5, 0.6) is 0 Å². The average molecular weight is 294 g/mol. The third kappa shape index (κ3) is 2.79. The maximum Gasteiger partial charge on any atom is 0.226 e. The van der Waals surface area contributed by atoms with Crippen molar-refractivity contribution in [2.75, 3.05) is 26.7 Å². The minimum Gasteiger partial charge on any atom is -0.342 e. The lowest BCUT2D eigenvalue weighted by Crippen LogP contribution is -2.31. The number of hydrogen-bond acceptors (Lipinski definition) is 2. The summed E-state index contributed by atoms with van der Waals surface area (Å²) in [6.07, 6.45) is 1.64. The van der Waals surface area contributed by atoms with Gasteiger partial charge >= 0.3 is 0 Å². The van der Waals surface area contributed by atoms with Crippen molar-refractivity contribution in [1.82, 2.24) is 10.2 Å². The summed E-state index contributed by atoms with van der Waals surface area (Å²) in [4.78, 5) is 14.3.